The van der Waals surface area contributed by atoms with Crippen LogP contribution in [-0.4, -0.2) is 4.98 Å². The van der Waals surface area contributed by atoms with Gasteiger partial charge in [-0.15, -0.1) is 0 Å². The Labute approximate surface area is 116 Å². The summed E-state index contributed by atoms with van der Waals surface area (Å²) in [6.07, 6.45) is 6.62. The van der Waals surface area contributed by atoms with Gasteiger partial charge in [-0.1, -0.05) is 36.4 Å². The van der Waals surface area contributed by atoms with E-state index in [1.165, 1.54) is 0 Å². The van der Waals surface area contributed by atoms with Crippen molar-refractivity contribution in [3.05, 3.63) is 65.4 Å². The predicted molar refractivity (Wildman–Crippen MR) is 81.8 cm³/mol. The second-order valence-corrected chi connectivity index (χ2v) is 4.95. The standard InChI is InChI=1S/C16H13ClN2/c1-10-3-2-4-12(16(10)17)11-5-6-15-13(9-11)14(18)7-8-19-15/h2,4-9H,1,3H2,(H2,18,19). The minimum absolute atomic E-state index is 0.724. The molecule has 1 heterocycles. The molecule has 1 aliphatic rings. The van der Waals surface area contributed by atoms with Crippen LogP contribution in [0.5, 0.6) is 0 Å². The van der Waals surface area contributed by atoms with Crippen LogP contribution < -0.4 is 5.73 Å². The molecule has 0 fully saturated rings. The van der Waals surface area contributed by atoms with Gasteiger partial charge >= 0.3 is 0 Å². The Morgan fingerprint density at radius 2 is 2.11 bits per heavy atom. The van der Waals surface area contributed by atoms with E-state index in [4.69, 9.17) is 17.3 Å². The zero-order chi connectivity index (χ0) is 13.4. The molecule has 1 aliphatic carbocycles. The summed E-state index contributed by atoms with van der Waals surface area (Å²) >= 11 is 6.34. The number of allylic oxidation sites excluding steroid dienone is 5. The van der Waals surface area contributed by atoms with E-state index in [-0.39, 0.29) is 0 Å². The summed E-state index contributed by atoms with van der Waals surface area (Å²) in [5.41, 5.74) is 10.6. The first-order valence-corrected chi connectivity index (χ1v) is 6.43. The van der Waals surface area contributed by atoms with Gasteiger partial charge in [0.05, 0.1) is 10.5 Å². The van der Waals surface area contributed by atoms with E-state index in [0.29, 0.717) is 0 Å². The lowest BCUT2D eigenvalue weighted by Gasteiger charge is -2.14. The normalized spacial score (nSPS) is 15.3. The minimum Gasteiger partial charge on any atom is -0.398 e. The first kappa shape index (κ1) is 12.0. The molecule has 0 atom stereocenters. The predicted octanol–water partition coefficient (Wildman–Crippen LogP) is 4.28. The van der Waals surface area contributed by atoms with E-state index in [0.717, 1.165) is 44.8 Å². The maximum absolute atomic E-state index is 6.34. The van der Waals surface area contributed by atoms with Crippen molar-refractivity contribution in [2.45, 2.75) is 6.42 Å². The Balaban J connectivity index is 2.22. The highest BCUT2D eigenvalue weighted by Gasteiger charge is 2.12. The Hall–Kier alpha value is -2.06. The van der Waals surface area contributed by atoms with Crippen LogP contribution in [0, 0.1) is 0 Å². The second-order valence-electron chi connectivity index (χ2n) is 4.57. The number of aromatic nitrogens is 1. The van der Waals surface area contributed by atoms with Crippen molar-refractivity contribution in [2.75, 3.05) is 5.73 Å². The van der Waals surface area contributed by atoms with Gasteiger partial charge in [0.15, 0.2) is 0 Å². The lowest BCUT2D eigenvalue weighted by Crippen LogP contribution is -1.94. The van der Waals surface area contributed by atoms with Gasteiger partial charge in [0.1, 0.15) is 0 Å². The molecule has 2 nitrogen and oxygen atoms in total. The summed E-state index contributed by atoms with van der Waals surface area (Å²) in [6.45, 7) is 3.97. The molecule has 0 unspecified atom stereocenters. The number of hydrogen-bond acceptors (Lipinski definition) is 2. The van der Waals surface area contributed by atoms with E-state index in [9.17, 15) is 0 Å². The first-order chi connectivity index (χ1) is 9.16. The van der Waals surface area contributed by atoms with Gasteiger partial charge in [-0.3, -0.25) is 4.98 Å². The summed E-state index contributed by atoms with van der Waals surface area (Å²) < 4.78 is 0. The molecule has 1 aromatic heterocycles. The molecule has 0 radical (unpaired) electrons. The highest BCUT2D eigenvalue weighted by molar-refractivity contribution is 6.36. The topological polar surface area (TPSA) is 38.9 Å². The molecule has 0 spiro atoms. The monoisotopic (exact) mass is 268 g/mol. The number of nitrogens with zero attached hydrogens (tertiary/aromatic N) is 1. The van der Waals surface area contributed by atoms with Crippen LogP contribution in [0.3, 0.4) is 0 Å². The zero-order valence-corrected chi connectivity index (χ0v) is 11.1. The van der Waals surface area contributed by atoms with Crippen LogP contribution in [0.4, 0.5) is 5.69 Å². The molecule has 0 saturated heterocycles. The van der Waals surface area contributed by atoms with Crippen molar-refractivity contribution in [1.82, 2.24) is 4.98 Å². The van der Waals surface area contributed by atoms with Crippen LogP contribution in [0.25, 0.3) is 16.5 Å². The average Bonchev–Trinajstić information content (AvgIpc) is 2.42. The van der Waals surface area contributed by atoms with Crippen molar-refractivity contribution in [3.63, 3.8) is 0 Å². The number of fused-ring (bicyclic) bond motifs is 1. The first-order valence-electron chi connectivity index (χ1n) is 6.06. The van der Waals surface area contributed by atoms with Crippen molar-refractivity contribution in [3.8, 4) is 0 Å². The second kappa shape index (κ2) is 4.56. The maximum atomic E-state index is 6.34. The fraction of sp³-hybridized carbons (Fsp3) is 0.0625. The molecule has 0 amide bonds. The van der Waals surface area contributed by atoms with Crippen LogP contribution in [-0.2, 0) is 0 Å². The zero-order valence-electron chi connectivity index (χ0n) is 10.4. The highest BCUT2D eigenvalue weighted by Crippen LogP contribution is 2.34. The third-order valence-corrected chi connectivity index (χ3v) is 3.75. The third kappa shape index (κ3) is 2.04. The van der Waals surface area contributed by atoms with Gasteiger partial charge < -0.3 is 5.73 Å². The molecule has 1 aromatic carbocycles. The Bertz CT molecular complexity index is 741. The molecule has 2 aromatic rings. The molecule has 0 bridgehead atoms. The molecule has 3 rings (SSSR count). The SMILES string of the molecule is C=C1CC=CC(c2ccc3nccc(N)c3c2)=C1Cl. The van der Waals surface area contributed by atoms with Crippen LogP contribution in [0.15, 0.2) is 59.8 Å². The fourth-order valence-electron chi connectivity index (χ4n) is 2.23. The number of benzene rings is 1. The number of anilines is 1. The third-order valence-electron chi connectivity index (χ3n) is 3.28. The number of rotatable bonds is 1. The van der Waals surface area contributed by atoms with Gasteiger partial charge in [-0.2, -0.15) is 0 Å². The Morgan fingerprint density at radius 3 is 2.95 bits per heavy atom. The van der Waals surface area contributed by atoms with Gasteiger partial charge in [0.25, 0.3) is 0 Å². The van der Waals surface area contributed by atoms with Crippen molar-refractivity contribution in [2.24, 2.45) is 0 Å². The molecular formula is C16H13ClN2. The smallest absolute Gasteiger partial charge is 0.0723 e. The van der Waals surface area contributed by atoms with E-state index in [1.807, 2.05) is 24.3 Å². The molecule has 0 aliphatic heterocycles. The van der Waals surface area contributed by atoms with Gasteiger partial charge in [-0.05, 0) is 35.8 Å². The summed E-state index contributed by atoms with van der Waals surface area (Å²) in [5.74, 6) is 0. The number of nitrogen functional groups attached to an aromatic ring is 1. The van der Waals surface area contributed by atoms with Crippen LogP contribution in [0.1, 0.15) is 12.0 Å². The molecular weight excluding hydrogens is 256 g/mol. The van der Waals surface area contributed by atoms with Crippen LogP contribution in [0.2, 0.25) is 0 Å². The fourth-order valence-corrected chi connectivity index (χ4v) is 2.48. The average molecular weight is 269 g/mol. The molecule has 0 saturated carbocycles. The number of halogens is 1. The minimum atomic E-state index is 0.724. The number of nitrogens with two attached hydrogens (primary N) is 1. The van der Waals surface area contributed by atoms with Crippen molar-refractivity contribution in [1.29, 1.82) is 0 Å². The summed E-state index contributed by atoms with van der Waals surface area (Å²) in [5, 5.41) is 1.67. The van der Waals surface area contributed by atoms with Crippen LogP contribution >= 0.6 is 11.6 Å². The molecule has 19 heavy (non-hydrogen) atoms. The van der Waals surface area contributed by atoms with E-state index in [1.54, 1.807) is 12.3 Å². The lowest BCUT2D eigenvalue weighted by molar-refractivity contribution is 1.26. The Morgan fingerprint density at radius 1 is 1.26 bits per heavy atom. The van der Waals surface area contributed by atoms with Gasteiger partial charge in [0, 0.05) is 22.8 Å². The number of hydrogen-bond donors (Lipinski definition) is 1. The van der Waals surface area contributed by atoms with Gasteiger partial charge in [0.2, 0.25) is 0 Å². The van der Waals surface area contributed by atoms with Gasteiger partial charge in [-0.25, -0.2) is 0 Å². The van der Waals surface area contributed by atoms with Crippen molar-refractivity contribution < 1.29 is 0 Å². The quantitative estimate of drug-likeness (QED) is 0.838. The number of pyridine rings is 1. The van der Waals surface area contributed by atoms with E-state index < -0.39 is 0 Å². The lowest BCUT2D eigenvalue weighted by atomic mass is 9.95. The van der Waals surface area contributed by atoms with Crippen molar-refractivity contribution >= 4 is 33.8 Å². The van der Waals surface area contributed by atoms with E-state index >= 15 is 0 Å². The highest BCUT2D eigenvalue weighted by atomic mass is 35.5. The summed E-state index contributed by atoms with van der Waals surface area (Å²) in [7, 11) is 0. The summed E-state index contributed by atoms with van der Waals surface area (Å²) in [4.78, 5) is 4.30. The Kier molecular flexibility index (Phi) is 2.88. The molecule has 3 heteroatoms. The summed E-state index contributed by atoms with van der Waals surface area (Å²) in [6, 6.07) is 7.80. The largest absolute Gasteiger partial charge is 0.398 e. The van der Waals surface area contributed by atoms with E-state index in [2.05, 4.69) is 17.6 Å². The molecule has 94 valence electrons. The molecule has 2 N–H and O–H groups in total. The maximum Gasteiger partial charge on any atom is 0.0723 e.